The number of alkyl carbamates (subject to hydrolysis) is 1. The Labute approximate surface area is 224 Å². The van der Waals surface area contributed by atoms with Crippen LogP contribution in [0.5, 0.6) is 0 Å². The summed E-state index contributed by atoms with van der Waals surface area (Å²) in [6, 6.07) is 15.7. The molecule has 1 aliphatic carbocycles. The number of aromatic amines is 1. The second-order valence-electron chi connectivity index (χ2n) is 11.3. The van der Waals surface area contributed by atoms with Gasteiger partial charge in [-0.25, -0.2) is 4.79 Å². The maximum atomic E-state index is 13.2. The van der Waals surface area contributed by atoms with E-state index in [-0.39, 0.29) is 23.9 Å². The molecule has 8 heteroatoms. The molecule has 3 heterocycles. The van der Waals surface area contributed by atoms with Crippen LogP contribution in [-0.4, -0.2) is 39.1 Å². The number of hydrogen-bond acceptors (Lipinski definition) is 4. The summed E-state index contributed by atoms with van der Waals surface area (Å²) < 4.78 is 7.71. The van der Waals surface area contributed by atoms with Crippen molar-refractivity contribution in [2.75, 3.05) is 0 Å². The van der Waals surface area contributed by atoms with Crippen molar-refractivity contribution in [3.63, 3.8) is 0 Å². The number of benzene rings is 3. The SMILES string of the molecule is CC(C)(C)OC(=O)N[C@H]1C=CC(n2c3ccccc3c3c4c(c5c6ccccc6[nH]c5c32)C(=O)NC4=O)CC1. The van der Waals surface area contributed by atoms with E-state index in [9.17, 15) is 14.4 Å². The number of para-hydroxylation sites is 2. The van der Waals surface area contributed by atoms with Gasteiger partial charge in [-0.05, 0) is 45.7 Å². The summed E-state index contributed by atoms with van der Waals surface area (Å²) >= 11 is 0. The molecule has 3 aromatic carbocycles. The average molecular weight is 521 g/mol. The maximum Gasteiger partial charge on any atom is 0.408 e. The van der Waals surface area contributed by atoms with Crippen LogP contribution in [0.15, 0.2) is 60.7 Å². The Bertz CT molecular complexity index is 1900. The number of hydrogen-bond donors (Lipinski definition) is 3. The van der Waals surface area contributed by atoms with E-state index < -0.39 is 11.7 Å². The van der Waals surface area contributed by atoms with Gasteiger partial charge in [0.2, 0.25) is 0 Å². The van der Waals surface area contributed by atoms with Crippen molar-refractivity contribution < 1.29 is 19.1 Å². The molecule has 3 amide bonds. The maximum absolute atomic E-state index is 13.2. The number of amides is 3. The minimum absolute atomic E-state index is 0.0167. The minimum Gasteiger partial charge on any atom is -0.444 e. The van der Waals surface area contributed by atoms with Gasteiger partial charge in [0.05, 0.1) is 34.2 Å². The van der Waals surface area contributed by atoms with E-state index in [0.717, 1.165) is 56.5 Å². The van der Waals surface area contributed by atoms with E-state index >= 15 is 0 Å². The summed E-state index contributed by atoms with van der Waals surface area (Å²) in [6.45, 7) is 5.53. The van der Waals surface area contributed by atoms with Crippen molar-refractivity contribution in [2.24, 2.45) is 0 Å². The van der Waals surface area contributed by atoms with E-state index in [2.05, 4.69) is 32.3 Å². The normalized spacial score (nSPS) is 19.3. The lowest BCUT2D eigenvalue weighted by molar-refractivity contribution is 0.0510. The Kier molecular flexibility index (Phi) is 4.95. The van der Waals surface area contributed by atoms with Crippen molar-refractivity contribution in [3.8, 4) is 0 Å². The van der Waals surface area contributed by atoms with Crippen molar-refractivity contribution in [1.82, 2.24) is 20.2 Å². The van der Waals surface area contributed by atoms with Gasteiger partial charge in [-0.2, -0.15) is 0 Å². The smallest absolute Gasteiger partial charge is 0.408 e. The van der Waals surface area contributed by atoms with Gasteiger partial charge in [0.15, 0.2) is 0 Å². The van der Waals surface area contributed by atoms with Gasteiger partial charge >= 0.3 is 6.09 Å². The molecular formula is C31H28N4O4. The van der Waals surface area contributed by atoms with Gasteiger partial charge in [0.1, 0.15) is 5.60 Å². The van der Waals surface area contributed by atoms with Crippen molar-refractivity contribution >= 4 is 61.5 Å². The number of rotatable bonds is 2. The monoisotopic (exact) mass is 520 g/mol. The van der Waals surface area contributed by atoms with E-state index in [1.54, 1.807) is 0 Å². The molecule has 8 nitrogen and oxygen atoms in total. The molecule has 0 saturated heterocycles. The lowest BCUT2D eigenvalue weighted by Gasteiger charge is -2.27. The number of carbonyl (C=O) groups excluding carboxylic acids is 3. The number of fused-ring (bicyclic) bond motifs is 10. The quantitative estimate of drug-likeness (QED) is 0.193. The zero-order valence-electron chi connectivity index (χ0n) is 21.9. The number of allylic oxidation sites excluding steroid dienone is 1. The minimum atomic E-state index is -0.563. The zero-order chi connectivity index (χ0) is 27.1. The van der Waals surface area contributed by atoms with Crippen molar-refractivity contribution in [1.29, 1.82) is 0 Å². The van der Waals surface area contributed by atoms with E-state index in [0.29, 0.717) is 11.1 Å². The third kappa shape index (κ3) is 3.55. The Hall–Kier alpha value is -4.59. The number of nitrogens with zero attached hydrogens (tertiary/aromatic N) is 1. The molecule has 0 radical (unpaired) electrons. The van der Waals surface area contributed by atoms with Crippen LogP contribution in [0.2, 0.25) is 0 Å². The van der Waals surface area contributed by atoms with Crippen LogP contribution in [0, 0.1) is 0 Å². The van der Waals surface area contributed by atoms with E-state index in [4.69, 9.17) is 4.74 Å². The molecule has 0 fully saturated rings. The summed E-state index contributed by atoms with van der Waals surface area (Å²) in [5.74, 6) is -0.729. The molecule has 2 aliphatic rings. The first-order valence-electron chi connectivity index (χ1n) is 13.2. The Balaban J connectivity index is 1.46. The standard InChI is InChI=1S/C31H28N4O4/c1-31(2,3)39-30(38)32-16-12-14-17(15-13-16)35-21-11-7-5-9-19(21)23-25-24(28(36)34-29(25)37)22-18-8-4-6-10-20(18)33-26(22)27(23)35/h4-12,14,16-17,33H,13,15H2,1-3H3,(H,32,38)(H,34,36,37)/t16-,17?/m0/s1. The lowest BCUT2D eigenvalue weighted by atomic mass is 9.96. The van der Waals surface area contributed by atoms with E-state index in [1.165, 1.54) is 0 Å². The third-order valence-corrected chi connectivity index (χ3v) is 7.66. The molecule has 0 spiro atoms. The fraction of sp³-hybridized carbons (Fsp3) is 0.258. The fourth-order valence-corrected chi connectivity index (χ4v) is 6.22. The van der Waals surface area contributed by atoms with Crippen LogP contribution >= 0.6 is 0 Å². The number of ether oxygens (including phenoxy) is 1. The molecule has 7 rings (SSSR count). The largest absolute Gasteiger partial charge is 0.444 e. The van der Waals surface area contributed by atoms with Crippen LogP contribution in [0.1, 0.15) is 60.4 Å². The lowest BCUT2D eigenvalue weighted by Crippen LogP contribution is -2.39. The summed E-state index contributed by atoms with van der Waals surface area (Å²) in [5.41, 5.74) is 3.95. The van der Waals surface area contributed by atoms with Gasteiger partial charge in [-0.15, -0.1) is 0 Å². The van der Waals surface area contributed by atoms with Crippen LogP contribution in [0.25, 0.3) is 43.6 Å². The number of H-pyrrole nitrogens is 1. The molecule has 1 unspecified atom stereocenters. The van der Waals surface area contributed by atoms with Gasteiger partial charge in [0, 0.05) is 32.6 Å². The summed E-state index contributed by atoms with van der Waals surface area (Å²) in [4.78, 5) is 42.3. The third-order valence-electron chi connectivity index (χ3n) is 7.66. The number of nitrogens with one attached hydrogen (secondary N) is 3. The molecule has 2 atom stereocenters. The fourth-order valence-electron chi connectivity index (χ4n) is 6.22. The van der Waals surface area contributed by atoms with Gasteiger partial charge in [-0.3, -0.25) is 14.9 Å². The second-order valence-corrected chi connectivity index (χ2v) is 11.3. The molecule has 0 bridgehead atoms. The first-order chi connectivity index (χ1) is 18.7. The Morgan fingerprint density at radius 2 is 1.62 bits per heavy atom. The first kappa shape index (κ1) is 23.5. The van der Waals surface area contributed by atoms with Crippen LogP contribution in [0.4, 0.5) is 4.79 Å². The summed E-state index contributed by atoms with van der Waals surface area (Å²) in [6.07, 6.45) is 5.20. The zero-order valence-corrected chi connectivity index (χ0v) is 21.9. The second kappa shape index (κ2) is 8.20. The summed E-state index contributed by atoms with van der Waals surface area (Å²) in [5, 5.41) is 8.89. The van der Waals surface area contributed by atoms with Gasteiger partial charge in [-0.1, -0.05) is 48.6 Å². The molecular weight excluding hydrogens is 492 g/mol. The van der Waals surface area contributed by atoms with Gasteiger partial charge < -0.3 is 19.6 Å². The van der Waals surface area contributed by atoms with Gasteiger partial charge in [0.25, 0.3) is 11.8 Å². The highest BCUT2D eigenvalue weighted by Gasteiger charge is 2.36. The molecule has 2 aromatic heterocycles. The molecule has 1 aliphatic heterocycles. The topological polar surface area (TPSA) is 105 Å². The number of carbonyl (C=O) groups is 3. The highest BCUT2D eigenvalue weighted by Crippen LogP contribution is 2.45. The van der Waals surface area contributed by atoms with Crippen LogP contribution in [-0.2, 0) is 4.74 Å². The van der Waals surface area contributed by atoms with Crippen LogP contribution in [0.3, 0.4) is 0 Å². The predicted molar refractivity (Wildman–Crippen MR) is 151 cm³/mol. The van der Waals surface area contributed by atoms with Crippen molar-refractivity contribution in [2.45, 2.75) is 51.3 Å². The Morgan fingerprint density at radius 3 is 2.33 bits per heavy atom. The average Bonchev–Trinajstić information content (AvgIpc) is 3.52. The predicted octanol–water partition coefficient (Wildman–Crippen LogP) is 6.10. The molecule has 39 heavy (non-hydrogen) atoms. The highest BCUT2D eigenvalue weighted by atomic mass is 16.6. The van der Waals surface area contributed by atoms with E-state index in [1.807, 2.05) is 69.3 Å². The van der Waals surface area contributed by atoms with Crippen molar-refractivity contribution in [3.05, 3.63) is 71.8 Å². The van der Waals surface area contributed by atoms with Crippen LogP contribution < -0.4 is 10.6 Å². The molecule has 5 aromatic rings. The summed E-state index contributed by atoms with van der Waals surface area (Å²) in [7, 11) is 0. The highest BCUT2D eigenvalue weighted by molar-refractivity contribution is 6.39. The molecule has 0 saturated carbocycles. The molecule has 3 N–H and O–H groups in total. The number of imide groups is 1. The Morgan fingerprint density at radius 1 is 0.923 bits per heavy atom. The first-order valence-corrected chi connectivity index (χ1v) is 13.2. The number of aromatic nitrogens is 2. The molecule has 196 valence electrons.